The van der Waals surface area contributed by atoms with Crippen molar-refractivity contribution in [3.8, 4) is 0 Å². The highest BCUT2D eigenvalue weighted by Crippen LogP contribution is 2.39. The molecule has 1 amide bonds. The van der Waals surface area contributed by atoms with Crippen molar-refractivity contribution in [2.45, 2.75) is 31.8 Å². The second-order valence-electron chi connectivity index (χ2n) is 5.17. The summed E-state index contributed by atoms with van der Waals surface area (Å²) in [6, 6.07) is 7.93. The van der Waals surface area contributed by atoms with Gasteiger partial charge in [0.2, 0.25) is 0 Å². The number of carbonyl (C=O) groups is 1. The van der Waals surface area contributed by atoms with Gasteiger partial charge in [0.15, 0.2) is 0 Å². The van der Waals surface area contributed by atoms with Crippen LogP contribution in [0, 0.1) is 0 Å². The molecule has 5 nitrogen and oxygen atoms in total. The monoisotopic (exact) mass is 342 g/mol. The maximum Gasteiger partial charge on any atom is 0.255 e. The Kier molecular flexibility index (Phi) is 6.41. The highest BCUT2D eigenvalue weighted by molar-refractivity contribution is 6.04. The SMILES string of the molecule is CCn1cc(NC(=O)c2cccc(C3CC3N)c2)cn1.Cl.Cl. The molecule has 7 heteroatoms. The van der Waals surface area contributed by atoms with Gasteiger partial charge in [-0.2, -0.15) is 5.10 Å². The zero-order valence-corrected chi connectivity index (χ0v) is 13.9. The first-order chi connectivity index (χ1) is 9.67. The van der Waals surface area contributed by atoms with Crippen molar-refractivity contribution in [3.63, 3.8) is 0 Å². The summed E-state index contributed by atoms with van der Waals surface area (Å²) in [6.45, 7) is 2.78. The lowest BCUT2D eigenvalue weighted by atomic mass is 10.1. The van der Waals surface area contributed by atoms with Gasteiger partial charge >= 0.3 is 0 Å². The number of nitrogens with one attached hydrogen (secondary N) is 1. The molecule has 0 saturated heterocycles. The van der Waals surface area contributed by atoms with Crippen LogP contribution in [0.5, 0.6) is 0 Å². The summed E-state index contributed by atoms with van der Waals surface area (Å²) in [7, 11) is 0. The molecule has 0 radical (unpaired) electrons. The first-order valence-electron chi connectivity index (χ1n) is 6.86. The minimum atomic E-state index is -0.114. The fourth-order valence-electron chi connectivity index (χ4n) is 2.31. The third kappa shape index (κ3) is 4.00. The molecule has 1 aliphatic rings. The zero-order valence-electron chi connectivity index (χ0n) is 12.2. The molecule has 120 valence electrons. The Balaban J connectivity index is 0.00000121. The van der Waals surface area contributed by atoms with Crippen LogP contribution in [0.2, 0.25) is 0 Å². The first-order valence-corrected chi connectivity index (χ1v) is 6.86. The normalized spacial score (nSPS) is 18.8. The lowest BCUT2D eigenvalue weighted by molar-refractivity contribution is 0.102. The highest BCUT2D eigenvalue weighted by Gasteiger charge is 2.34. The van der Waals surface area contributed by atoms with Crippen LogP contribution in [0.1, 0.15) is 35.2 Å². The van der Waals surface area contributed by atoms with Crippen LogP contribution in [-0.2, 0) is 6.54 Å². The van der Waals surface area contributed by atoms with E-state index in [-0.39, 0.29) is 36.8 Å². The van der Waals surface area contributed by atoms with Gasteiger partial charge in [0.25, 0.3) is 5.91 Å². The van der Waals surface area contributed by atoms with Gasteiger partial charge in [0.05, 0.1) is 11.9 Å². The number of nitrogens with two attached hydrogens (primary N) is 1. The molecule has 2 atom stereocenters. The van der Waals surface area contributed by atoms with E-state index in [0.29, 0.717) is 17.2 Å². The first kappa shape index (κ1) is 18.5. The Labute approximate surface area is 142 Å². The van der Waals surface area contributed by atoms with Crippen LogP contribution in [0.15, 0.2) is 36.7 Å². The molecule has 0 aliphatic heterocycles. The van der Waals surface area contributed by atoms with E-state index in [1.54, 1.807) is 10.9 Å². The average molecular weight is 343 g/mol. The number of nitrogens with zero attached hydrogens (tertiary/aromatic N) is 2. The van der Waals surface area contributed by atoms with Gasteiger partial charge in [-0.25, -0.2) is 0 Å². The van der Waals surface area contributed by atoms with Crippen molar-refractivity contribution in [3.05, 3.63) is 47.8 Å². The summed E-state index contributed by atoms with van der Waals surface area (Å²) < 4.78 is 1.77. The van der Waals surface area contributed by atoms with Gasteiger partial charge in [0, 0.05) is 30.3 Å². The van der Waals surface area contributed by atoms with Gasteiger partial charge in [-0.05, 0) is 31.0 Å². The number of hydrogen-bond donors (Lipinski definition) is 2. The number of aromatic nitrogens is 2. The van der Waals surface area contributed by atoms with Crippen LogP contribution in [0.4, 0.5) is 5.69 Å². The summed E-state index contributed by atoms with van der Waals surface area (Å²) in [5.74, 6) is 0.294. The van der Waals surface area contributed by atoms with Crippen LogP contribution >= 0.6 is 24.8 Å². The summed E-state index contributed by atoms with van der Waals surface area (Å²) in [5, 5.41) is 6.99. The molecular formula is C15H20Cl2N4O. The van der Waals surface area contributed by atoms with E-state index in [1.807, 2.05) is 37.4 Å². The van der Waals surface area contributed by atoms with E-state index in [2.05, 4.69) is 10.4 Å². The molecule has 1 aromatic heterocycles. The molecule has 3 rings (SSSR count). The standard InChI is InChI=1S/C15H18N4O.2ClH/c1-2-19-9-12(8-17-19)18-15(20)11-5-3-4-10(6-11)13-7-14(13)16;;/h3-6,8-9,13-14H,2,7,16H2,1H3,(H,18,20);2*1H. The van der Waals surface area contributed by atoms with E-state index in [4.69, 9.17) is 5.73 Å². The van der Waals surface area contributed by atoms with Crippen LogP contribution in [0.3, 0.4) is 0 Å². The van der Waals surface area contributed by atoms with Crippen molar-refractivity contribution >= 4 is 36.4 Å². The van der Waals surface area contributed by atoms with E-state index in [9.17, 15) is 4.79 Å². The fraction of sp³-hybridized carbons (Fsp3) is 0.333. The number of hydrogen-bond acceptors (Lipinski definition) is 3. The number of carbonyl (C=O) groups excluding carboxylic acids is 1. The van der Waals surface area contributed by atoms with Crippen molar-refractivity contribution in [1.29, 1.82) is 0 Å². The van der Waals surface area contributed by atoms with Gasteiger partial charge in [-0.15, -0.1) is 24.8 Å². The molecule has 2 aromatic rings. The number of amides is 1. The van der Waals surface area contributed by atoms with Crippen molar-refractivity contribution in [2.75, 3.05) is 5.32 Å². The van der Waals surface area contributed by atoms with E-state index < -0.39 is 0 Å². The smallest absolute Gasteiger partial charge is 0.255 e. The summed E-state index contributed by atoms with van der Waals surface area (Å²) in [4.78, 5) is 12.2. The van der Waals surface area contributed by atoms with Crippen molar-refractivity contribution < 1.29 is 4.79 Å². The van der Waals surface area contributed by atoms with Crippen LogP contribution in [-0.4, -0.2) is 21.7 Å². The van der Waals surface area contributed by atoms with Gasteiger partial charge in [-0.3, -0.25) is 9.48 Å². The Morgan fingerprint density at radius 3 is 2.77 bits per heavy atom. The molecule has 1 fully saturated rings. The Morgan fingerprint density at radius 1 is 1.45 bits per heavy atom. The quantitative estimate of drug-likeness (QED) is 0.897. The van der Waals surface area contributed by atoms with Gasteiger partial charge in [0.1, 0.15) is 0 Å². The second kappa shape index (κ2) is 7.63. The second-order valence-corrected chi connectivity index (χ2v) is 5.17. The van der Waals surface area contributed by atoms with Gasteiger partial charge < -0.3 is 11.1 Å². The van der Waals surface area contributed by atoms with E-state index in [1.165, 1.54) is 0 Å². The molecule has 0 bridgehead atoms. The Morgan fingerprint density at radius 2 is 2.18 bits per heavy atom. The topological polar surface area (TPSA) is 72.9 Å². The van der Waals surface area contributed by atoms with Crippen molar-refractivity contribution in [1.82, 2.24) is 9.78 Å². The molecule has 2 unspecified atom stereocenters. The van der Waals surface area contributed by atoms with E-state index >= 15 is 0 Å². The lowest BCUT2D eigenvalue weighted by Crippen LogP contribution is -2.12. The minimum Gasteiger partial charge on any atom is -0.327 e. The predicted octanol–water partition coefficient (Wildman–Crippen LogP) is 2.81. The highest BCUT2D eigenvalue weighted by atomic mass is 35.5. The fourth-order valence-corrected chi connectivity index (χ4v) is 2.31. The maximum absolute atomic E-state index is 12.2. The third-order valence-electron chi connectivity index (χ3n) is 3.63. The number of rotatable bonds is 4. The van der Waals surface area contributed by atoms with E-state index in [0.717, 1.165) is 18.5 Å². The van der Waals surface area contributed by atoms with Crippen LogP contribution in [0.25, 0.3) is 0 Å². The summed E-state index contributed by atoms with van der Waals surface area (Å²) in [5.41, 5.74) is 8.37. The number of halogens is 2. The number of benzene rings is 1. The molecule has 3 N–H and O–H groups in total. The molecule has 1 heterocycles. The number of anilines is 1. The van der Waals surface area contributed by atoms with Gasteiger partial charge in [-0.1, -0.05) is 12.1 Å². The van der Waals surface area contributed by atoms with Crippen LogP contribution < -0.4 is 11.1 Å². The lowest BCUT2D eigenvalue weighted by Gasteiger charge is -2.05. The molecule has 1 aromatic carbocycles. The Bertz CT molecular complexity index is 644. The number of aryl methyl sites for hydroxylation is 1. The maximum atomic E-state index is 12.2. The molecule has 22 heavy (non-hydrogen) atoms. The predicted molar refractivity (Wildman–Crippen MR) is 92.1 cm³/mol. The average Bonchev–Trinajstić information content (AvgIpc) is 3.02. The minimum absolute atomic E-state index is 0. The Hall–Kier alpha value is -1.56. The summed E-state index contributed by atoms with van der Waals surface area (Å²) in [6.07, 6.45) is 4.48. The third-order valence-corrected chi connectivity index (χ3v) is 3.63. The molecule has 0 spiro atoms. The molecular weight excluding hydrogens is 323 g/mol. The summed E-state index contributed by atoms with van der Waals surface area (Å²) >= 11 is 0. The zero-order chi connectivity index (χ0) is 14.1. The molecule has 1 saturated carbocycles. The molecule has 1 aliphatic carbocycles. The largest absolute Gasteiger partial charge is 0.327 e. The van der Waals surface area contributed by atoms with Crippen molar-refractivity contribution in [2.24, 2.45) is 5.73 Å².